The number of nitrogens with one attached hydrogen (secondary N) is 2. The summed E-state index contributed by atoms with van der Waals surface area (Å²) in [6.45, 7) is 2.04. The molecule has 2 N–H and O–H groups in total. The minimum atomic E-state index is 0.387. The summed E-state index contributed by atoms with van der Waals surface area (Å²) in [6, 6.07) is 12.3. The van der Waals surface area contributed by atoms with Crippen molar-refractivity contribution in [3.8, 4) is 6.07 Å². The average Bonchev–Trinajstić information content (AvgIpc) is 2.75. The van der Waals surface area contributed by atoms with E-state index in [-0.39, 0.29) is 0 Å². The largest absolute Gasteiger partial charge is 0.366 e. The Bertz CT molecular complexity index is 636. The van der Waals surface area contributed by atoms with Crippen molar-refractivity contribution in [1.29, 1.82) is 5.26 Å². The van der Waals surface area contributed by atoms with Crippen molar-refractivity contribution < 1.29 is 0 Å². The maximum atomic E-state index is 9.29. The average molecular weight is 266 g/mol. The summed E-state index contributed by atoms with van der Waals surface area (Å²) in [5.74, 6) is 0.800. The van der Waals surface area contributed by atoms with E-state index in [1.807, 2.05) is 30.3 Å². The van der Waals surface area contributed by atoms with Gasteiger partial charge in [0.05, 0.1) is 17.1 Å². The lowest BCUT2D eigenvalue weighted by atomic mass is 10.1. The van der Waals surface area contributed by atoms with E-state index in [0.29, 0.717) is 11.6 Å². The summed E-state index contributed by atoms with van der Waals surface area (Å²) in [5, 5.41) is 17.1. The number of fused-ring (bicyclic) bond motifs is 1. The van der Waals surface area contributed by atoms with Gasteiger partial charge in [0.1, 0.15) is 5.82 Å². The predicted octanol–water partition coefficient (Wildman–Crippen LogP) is 2.66. The number of aromatic nitrogens is 1. The van der Waals surface area contributed by atoms with Crippen molar-refractivity contribution in [2.24, 2.45) is 0 Å². The van der Waals surface area contributed by atoms with Gasteiger partial charge in [-0.05, 0) is 31.5 Å². The topological polar surface area (TPSA) is 60.7 Å². The molecular weight excluding hydrogens is 248 g/mol. The first-order valence-corrected chi connectivity index (χ1v) is 7.14. The minimum absolute atomic E-state index is 0.387. The molecule has 4 heteroatoms. The smallest absolute Gasteiger partial charge is 0.128 e. The highest BCUT2D eigenvalue weighted by Crippen LogP contribution is 2.21. The molecule has 0 saturated carbocycles. The molecule has 0 radical (unpaired) electrons. The standard InChI is InChI=1S/C16H18N4/c17-10-12-9-16(19-13-5-3-4-8-18-11-13)20-15-7-2-1-6-14(12)15/h1-2,6-7,9,13,18H,3-5,8,11H2,(H,19,20). The summed E-state index contributed by atoms with van der Waals surface area (Å²) in [5.41, 5.74) is 1.55. The van der Waals surface area contributed by atoms with Crippen LogP contribution in [-0.2, 0) is 0 Å². The molecule has 2 heterocycles. The second-order valence-electron chi connectivity index (χ2n) is 5.23. The second-order valence-corrected chi connectivity index (χ2v) is 5.23. The Hall–Kier alpha value is -2.12. The van der Waals surface area contributed by atoms with Crippen LogP contribution in [0.4, 0.5) is 5.82 Å². The molecular formula is C16H18N4. The number of nitrogens with zero attached hydrogens (tertiary/aromatic N) is 2. The summed E-state index contributed by atoms with van der Waals surface area (Å²) in [4.78, 5) is 4.62. The molecule has 1 aliphatic heterocycles. The zero-order valence-corrected chi connectivity index (χ0v) is 11.4. The fourth-order valence-corrected chi connectivity index (χ4v) is 2.69. The molecule has 1 atom stereocenters. The van der Waals surface area contributed by atoms with Crippen molar-refractivity contribution in [3.63, 3.8) is 0 Å². The summed E-state index contributed by atoms with van der Waals surface area (Å²) >= 11 is 0. The molecule has 0 bridgehead atoms. The summed E-state index contributed by atoms with van der Waals surface area (Å²) < 4.78 is 0. The molecule has 1 unspecified atom stereocenters. The first kappa shape index (κ1) is 12.9. The highest BCUT2D eigenvalue weighted by Gasteiger charge is 2.13. The van der Waals surface area contributed by atoms with E-state index in [9.17, 15) is 5.26 Å². The fraction of sp³-hybridized carbons (Fsp3) is 0.375. The quantitative estimate of drug-likeness (QED) is 0.877. The van der Waals surface area contributed by atoms with Gasteiger partial charge in [-0.1, -0.05) is 24.6 Å². The zero-order chi connectivity index (χ0) is 13.8. The Morgan fingerprint density at radius 3 is 3.10 bits per heavy atom. The maximum absolute atomic E-state index is 9.29. The molecule has 3 rings (SSSR count). The number of para-hydroxylation sites is 1. The van der Waals surface area contributed by atoms with Crippen LogP contribution >= 0.6 is 0 Å². The number of hydrogen-bond donors (Lipinski definition) is 2. The SMILES string of the molecule is N#Cc1cc(NC2CCCCNC2)nc2ccccc12. The Morgan fingerprint density at radius 1 is 1.30 bits per heavy atom. The molecule has 0 amide bonds. The Labute approximate surface area is 118 Å². The third kappa shape index (κ3) is 2.73. The number of anilines is 1. The van der Waals surface area contributed by atoms with Gasteiger partial charge >= 0.3 is 0 Å². The van der Waals surface area contributed by atoms with Crippen molar-refractivity contribution in [3.05, 3.63) is 35.9 Å². The maximum Gasteiger partial charge on any atom is 0.128 e. The van der Waals surface area contributed by atoms with Crippen LogP contribution in [0.2, 0.25) is 0 Å². The van der Waals surface area contributed by atoms with E-state index in [1.165, 1.54) is 12.8 Å². The first-order chi connectivity index (χ1) is 9.86. The van der Waals surface area contributed by atoms with E-state index in [4.69, 9.17) is 0 Å². The zero-order valence-electron chi connectivity index (χ0n) is 11.4. The molecule has 1 aliphatic rings. The van der Waals surface area contributed by atoms with Crippen LogP contribution < -0.4 is 10.6 Å². The van der Waals surface area contributed by atoms with Crippen LogP contribution in [0.3, 0.4) is 0 Å². The van der Waals surface area contributed by atoms with Gasteiger partial charge in [0.2, 0.25) is 0 Å². The predicted molar refractivity (Wildman–Crippen MR) is 80.6 cm³/mol. The highest BCUT2D eigenvalue weighted by atomic mass is 15.0. The van der Waals surface area contributed by atoms with E-state index < -0.39 is 0 Å². The van der Waals surface area contributed by atoms with Gasteiger partial charge in [0.15, 0.2) is 0 Å². The molecule has 1 fully saturated rings. The number of hydrogen-bond acceptors (Lipinski definition) is 4. The molecule has 102 valence electrons. The lowest BCUT2D eigenvalue weighted by molar-refractivity contribution is 0.634. The highest BCUT2D eigenvalue weighted by molar-refractivity contribution is 5.86. The van der Waals surface area contributed by atoms with Crippen molar-refractivity contribution in [2.75, 3.05) is 18.4 Å². The lowest BCUT2D eigenvalue weighted by Crippen LogP contribution is -2.31. The van der Waals surface area contributed by atoms with Crippen LogP contribution in [0.5, 0.6) is 0 Å². The molecule has 0 aliphatic carbocycles. The minimum Gasteiger partial charge on any atom is -0.366 e. The molecule has 1 saturated heterocycles. The Morgan fingerprint density at radius 2 is 2.20 bits per heavy atom. The van der Waals surface area contributed by atoms with Crippen LogP contribution in [0.25, 0.3) is 10.9 Å². The lowest BCUT2D eigenvalue weighted by Gasteiger charge is -2.17. The third-order valence-electron chi connectivity index (χ3n) is 3.74. The van der Waals surface area contributed by atoms with E-state index in [1.54, 1.807) is 0 Å². The van der Waals surface area contributed by atoms with Crippen LogP contribution in [0.1, 0.15) is 24.8 Å². The molecule has 2 aromatic rings. The Balaban J connectivity index is 1.89. The van der Waals surface area contributed by atoms with Crippen LogP contribution in [-0.4, -0.2) is 24.1 Å². The van der Waals surface area contributed by atoms with Gasteiger partial charge in [-0.2, -0.15) is 5.26 Å². The van der Waals surface area contributed by atoms with Crippen molar-refractivity contribution >= 4 is 16.7 Å². The summed E-state index contributed by atoms with van der Waals surface area (Å²) in [6.07, 6.45) is 3.60. The number of pyridine rings is 1. The van der Waals surface area contributed by atoms with Crippen molar-refractivity contribution in [2.45, 2.75) is 25.3 Å². The molecule has 1 aromatic heterocycles. The van der Waals surface area contributed by atoms with Gasteiger partial charge in [0.25, 0.3) is 0 Å². The van der Waals surface area contributed by atoms with Crippen LogP contribution in [0.15, 0.2) is 30.3 Å². The fourth-order valence-electron chi connectivity index (χ4n) is 2.69. The number of rotatable bonds is 2. The van der Waals surface area contributed by atoms with E-state index in [2.05, 4.69) is 21.7 Å². The van der Waals surface area contributed by atoms with E-state index >= 15 is 0 Å². The van der Waals surface area contributed by atoms with Gasteiger partial charge in [-0.15, -0.1) is 0 Å². The molecule has 20 heavy (non-hydrogen) atoms. The van der Waals surface area contributed by atoms with E-state index in [0.717, 1.165) is 36.2 Å². The number of benzene rings is 1. The summed E-state index contributed by atoms with van der Waals surface area (Å²) in [7, 11) is 0. The van der Waals surface area contributed by atoms with Gasteiger partial charge < -0.3 is 10.6 Å². The normalized spacial score (nSPS) is 19.2. The molecule has 0 spiro atoms. The first-order valence-electron chi connectivity index (χ1n) is 7.14. The number of nitriles is 1. The van der Waals surface area contributed by atoms with Gasteiger partial charge in [-0.25, -0.2) is 4.98 Å². The third-order valence-corrected chi connectivity index (χ3v) is 3.74. The Kier molecular flexibility index (Phi) is 3.80. The van der Waals surface area contributed by atoms with Crippen LogP contribution in [0, 0.1) is 11.3 Å². The van der Waals surface area contributed by atoms with Crippen molar-refractivity contribution in [1.82, 2.24) is 10.3 Å². The monoisotopic (exact) mass is 266 g/mol. The molecule has 1 aromatic carbocycles. The van der Waals surface area contributed by atoms with Gasteiger partial charge in [0, 0.05) is 18.0 Å². The second kappa shape index (κ2) is 5.89. The molecule has 4 nitrogen and oxygen atoms in total. The van der Waals surface area contributed by atoms with Gasteiger partial charge in [-0.3, -0.25) is 0 Å².